The van der Waals surface area contributed by atoms with Crippen LogP contribution in [0.2, 0.25) is 0 Å². The van der Waals surface area contributed by atoms with Crippen molar-refractivity contribution in [2.75, 3.05) is 62.2 Å². The van der Waals surface area contributed by atoms with E-state index in [0.29, 0.717) is 18.4 Å². The van der Waals surface area contributed by atoms with E-state index in [1.165, 1.54) is 9.80 Å². The van der Waals surface area contributed by atoms with Gasteiger partial charge in [-0.1, -0.05) is 30.4 Å². The zero-order valence-corrected chi connectivity index (χ0v) is 22.8. The van der Waals surface area contributed by atoms with Crippen molar-refractivity contribution in [1.82, 2.24) is 15.5 Å². The number of nitrogens with zero attached hydrogens (tertiary/aromatic N) is 3. The topological polar surface area (TPSA) is 121 Å². The predicted octanol–water partition coefficient (Wildman–Crippen LogP) is 2.63. The third kappa shape index (κ3) is 7.41. The van der Waals surface area contributed by atoms with E-state index in [-0.39, 0.29) is 75.6 Å². The molecule has 2 aliphatic heterocycles. The van der Waals surface area contributed by atoms with Gasteiger partial charge in [-0.25, -0.2) is 18.4 Å². The summed E-state index contributed by atoms with van der Waals surface area (Å²) in [5, 5.41) is 5.10. The van der Waals surface area contributed by atoms with E-state index in [2.05, 4.69) is 17.2 Å². The Morgan fingerprint density at radius 1 is 1.12 bits per heavy atom. The number of carbonyl (C=O) groups is 4. The number of rotatable bonds is 8. The molecular weight excluding hydrogens is 540 g/mol. The van der Waals surface area contributed by atoms with Gasteiger partial charge >= 0.3 is 12.2 Å². The normalized spacial score (nSPS) is 19.0. The van der Waals surface area contributed by atoms with Crippen LogP contribution in [-0.4, -0.2) is 87.4 Å². The van der Waals surface area contributed by atoms with Crippen molar-refractivity contribution in [3.05, 3.63) is 59.7 Å². The summed E-state index contributed by atoms with van der Waals surface area (Å²) in [6.45, 7) is 6.33. The molecular formula is C28H33F2N5O6. The molecule has 2 heterocycles. The molecule has 4 rings (SSSR count). The number of ether oxygens (including phenoxy) is 2. The van der Waals surface area contributed by atoms with Gasteiger partial charge in [-0.3, -0.25) is 14.5 Å². The number of alkyl carbamates (subject to hydrolysis) is 1. The molecule has 13 heteroatoms. The zero-order chi connectivity index (χ0) is 29.5. The minimum atomic E-state index is -0.861. The van der Waals surface area contributed by atoms with Crippen LogP contribution in [0.4, 0.5) is 29.7 Å². The predicted molar refractivity (Wildman–Crippen MR) is 146 cm³/mol. The van der Waals surface area contributed by atoms with E-state index >= 15 is 8.78 Å². The summed E-state index contributed by atoms with van der Waals surface area (Å²) in [6.07, 6.45) is 4.38. The Morgan fingerprint density at radius 3 is 2.51 bits per heavy atom. The van der Waals surface area contributed by atoms with Crippen LogP contribution in [-0.2, 0) is 19.1 Å². The van der Waals surface area contributed by atoms with Gasteiger partial charge in [0, 0.05) is 43.9 Å². The highest BCUT2D eigenvalue weighted by Gasteiger charge is 2.34. The van der Waals surface area contributed by atoms with Crippen molar-refractivity contribution in [2.45, 2.75) is 25.9 Å². The summed E-state index contributed by atoms with van der Waals surface area (Å²) in [4.78, 5) is 53.1. The number of benzene rings is 1. The van der Waals surface area contributed by atoms with Gasteiger partial charge in [-0.15, -0.1) is 0 Å². The number of anilines is 2. The summed E-state index contributed by atoms with van der Waals surface area (Å²) in [7, 11) is 0. The van der Waals surface area contributed by atoms with Crippen LogP contribution in [0.5, 0.6) is 0 Å². The lowest BCUT2D eigenvalue weighted by molar-refractivity contribution is -0.132. The Kier molecular flexibility index (Phi) is 9.58. The molecule has 1 aliphatic carbocycles. The average molecular weight is 574 g/mol. The van der Waals surface area contributed by atoms with Crippen LogP contribution in [0.25, 0.3) is 0 Å². The molecule has 4 amide bonds. The fraction of sp³-hybridized carbons (Fsp3) is 0.429. The summed E-state index contributed by atoms with van der Waals surface area (Å²) in [6, 6.07) is 2.11. The summed E-state index contributed by atoms with van der Waals surface area (Å²) >= 11 is 0. The van der Waals surface area contributed by atoms with Crippen molar-refractivity contribution in [1.29, 1.82) is 0 Å². The fourth-order valence-corrected chi connectivity index (χ4v) is 4.76. The smallest absolute Gasteiger partial charge is 0.414 e. The van der Waals surface area contributed by atoms with Crippen molar-refractivity contribution < 1.29 is 37.4 Å². The largest absolute Gasteiger partial charge is 0.450 e. The highest BCUT2D eigenvalue weighted by molar-refractivity contribution is 5.96. The number of cyclic esters (lactones) is 1. The molecule has 0 saturated carbocycles. The second kappa shape index (κ2) is 13.3. The summed E-state index contributed by atoms with van der Waals surface area (Å²) < 4.78 is 40.2. The SMILES string of the molecule is C=C1CC=CC=C(C(=O)NCC(=O)N2CCN(c3c(F)cc(N4CC(CNC(=O)OCC)OC4=O)cc3F)CC2)C1. The average Bonchev–Trinajstić information content (AvgIpc) is 3.17. The van der Waals surface area contributed by atoms with Crippen LogP contribution in [0.1, 0.15) is 19.8 Å². The molecule has 220 valence electrons. The van der Waals surface area contributed by atoms with Crippen molar-refractivity contribution in [3.63, 3.8) is 0 Å². The van der Waals surface area contributed by atoms with Gasteiger partial charge < -0.3 is 29.9 Å². The van der Waals surface area contributed by atoms with E-state index in [1.54, 1.807) is 19.1 Å². The second-order valence-electron chi connectivity index (χ2n) is 9.78. The number of halogens is 2. The van der Waals surface area contributed by atoms with Crippen molar-refractivity contribution in [2.24, 2.45) is 0 Å². The fourth-order valence-electron chi connectivity index (χ4n) is 4.76. The number of allylic oxidation sites excluding steroid dienone is 4. The van der Waals surface area contributed by atoms with Gasteiger partial charge in [-0.2, -0.15) is 0 Å². The van der Waals surface area contributed by atoms with Gasteiger partial charge in [0.2, 0.25) is 11.8 Å². The first-order valence-electron chi connectivity index (χ1n) is 13.4. The standard InChI is InChI=1S/C28H33F2N5O6/c1-3-40-27(38)32-15-21-17-35(28(39)41-21)20-13-22(29)25(23(30)14-20)34-10-8-33(9-11-34)24(36)16-31-26(37)19-7-5-4-6-18(2)12-19/h4-5,7,13-14,21H,2-3,6,8-12,15-17H2,1H3,(H,31,37)(H,32,38). The maximum absolute atomic E-state index is 15.1. The molecule has 0 aromatic heterocycles. The molecule has 1 aromatic rings. The lowest BCUT2D eigenvalue weighted by atomic mass is 10.1. The zero-order valence-electron chi connectivity index (χ0n) is 22.8. The van der Waals surface area contributed by atoms with Crippen LogP contribution in [0, 0.1) is 11.6 Å². The highest BCUT2D eigenvalue weighted by Crippen LogP contribution is 2.31. The van der Waals surface area contributed by atoms with Gasteiger partial charge in [0.1, 0.15) is 11.8 Å². The van der Waals surface area contributed by atoms with Crippen LogP contribution >= 0.6 is 0 Å². The monoisotopic (exact) mass is 573 g/mol. The van der Waals surface area contributed by atoms with Gasteiger partial charge in [0.25, 0.3) is 0 Å². The summed E-state index contributed by atoms with van der Waals surface area (Å²) in [5.74, 6) is -2.35. The third-order valence-electron chi connectivity index (χ3n) is 6.86. The van der Waals surface area contributed by atoms with E-state index in [4.69, 9.17) is 9.47 Å². The van der Waals surface area contributed by atoms with Crippen molar-refractivity contribution >= 4 is 35.4 Å². The number of hydrogen-bond donors (Lipinski definition) is 2. The first-order valence-corrected chi connectivity index (χ1v) is 13.4. The highest BCUT2D eigenvalue weighted by atomic mass is 19.1. The quantitative estimate of drug-likeness (QED) is 0.459. The molecule has 41 heavy (non-hydrogen) atoms. The number of amides is 4. The first kappa shape index (κ1) is 29.6. The molecule has 0 radical (unpaired) electrons. The molecule has 11 nitrogen and oxygen atoms in total. The molecule has 1 aromatic carbocycles. The number of hydrogen-bond acceptors (Lipinski definition) is 7. The minimum Gasteiger partial charge on any atom is -0.450 e. The minimum absolute atomic E-state index is 0.0104. The summed E-state index contributed by atoms with van der Waals surface area (Å²) in [5.41, 5.74) is 1.17. The third-order valence-corrected chi connectivity index (χ3v) is 6.86. The van der Waals surface area contributed by atoms with E-state index < -0.39 is 29.9 Å². The molecule has 3 aliphatic rings. The number of piperazine rings is 1. The van der Waals surface area contributed by atoms with Crippen LogP contribution < -0.4 is 20.4 Å². The van der Waals surface area contributed by atoms with Gasteiger partial charge in [0.15, 0.2) is 11.6 Å². The van der Waals surface area contributed by atoms with Crippen LogP contribution in [0.15, 0.2) is 48.1 Å². The van der Waals surface area contributed by atoms with Gasteiger partial charge in [-0.05, 0) is 19.8 Å². The molecule has 2 fully saturated rings. The van der Waals surface area contributed by atoms with Crippen LogP contribution in [0.3, 0.4) is 0 Å². The Labute approximate surface area is 236 Å². The molecule has 2 saturated heterocycles. The molecule has 1 atom stereocenters. The van der Waals surface area contributed by atoms with Gasteiger partial charge in [0.05, 0.1) is 31.9 Å². The molecule has 0 spiro atoms. The molecule has 1 unspecified atom stereocenters. The first-order chi connectivity index (χ1) is 19.7. The number of nitrogens with one attached hydrogen (secondary N) is 2. The Bertz CT molecular complexity index is 1250. The lowest BCUT2D eigenvalue weighted by Gasteiger charge is -2.36. The van der Waals surface area contributed by atoms with E-state index in [0.717, 1.165) is 22.6 Å². The Balaban J connectivity index is 1.29. The number of carbonyl (C=O) groups excluding carboxylic acids is 4. The Morgan fingerprint density at radius 2 is 1.83 bits per heavy atom. The maximum Gasteiger partial charge on any atom is 0.414 e. The van der Waals surface area contributed by atoms with E-state index in [9.17, 15) is 19.2 Å². The lowest BCUT2D eigenvalue weighted by Crippen LogP contribution is -2.51. The second-order valence-corrected chi connectivity index (χ2v) is 9.78. The van der Waals surface area contributed by atoms with E-state index in [1.807, 2.05) is 6.08 Å². The molecule has 0 bridgehead atoms. The van der Waals surface area contributed by atoms with Crippen molar-refractivity contribution in [3.8, 4) is 0 Å². The molecule has 2 N–H and O–H groups in total. The Hall–Kier alpha value is -4.42. The maximum atomic E-state index is 15.1.